The first-order chi connectivity index (χ1) is 11.6. The quantitative estimate of drug-likeness (QED) is 0.730. The predicted molar refractivity (Wildman–Crippen MR) is 97.9 cm³/mol. The van der Waals surface area contributed by atoms with E-state index in [4.69, 9.17) is 16.3 Å². The molecule has 0 aromatic heterocycles. The van der Waals surface area contributed by atoms with Crippen molar-refractivity contribution in [3.8, 4) is 5.75 Å². The number of urea groups is 1. The number of rotatable bonds is 8. The highest BCUT2D eigenvalue weighted by Gasteiger charge is 2.27. The van der Waals surface area contributed by atoms with Crippen molar-refractivity contribution >= 4 is 17.6 Å². The van der Waals surface area contributed by atoms with Crippen LogP contribution in [-0.2, 0) is 0 Å². The van der Waals surface area contributed by atoms with Crippen molar-refractivity contribution < 1.29 is 9.53 Å². The molecule has 1 unspecified atom stereocenters. The van der Waals surface area contributed by atoms with Crippen LogP contribution < -0.4 is 10.1 Å². The molecule has 0 saturated carbocycles. The number of carbonyl (C=O) groups excluding carboxylic acids is 1. The highest BCUT2D eigenvalue weighted by atomic mass is 35.5. The molecule has 6 heteroatoms. The third-order valence-electron chi connectivity index (χ3n) is 4.35. The first-order valence-electron chi connectivity index (χ1n) is 8.79. The van der Waals surface area contributed by atoms with Crippen LogP contribution in [0.1, 0.15) is 26.7 Å². The van der Waals surface area contributed by atoms with Gasteiger partial charge in [-0.05, 0) is 44.3 Å². The molecule has 0 radical (unpaired) electrons. The third kappa shape index (κ3) is 5.87. The summed E-state index contributed by atoms with van der Waals surface area (Å²) < 4.78 is 5.91. The number of likely N-dealkylation sites (tertiary alicyclic amines) is 1. The number of benzene rings is 1. The topological polar surface area (TPSA) is 44.8 Å². The fourth-order valence-electron chi connectivity index (χ4n) is 2.89. The summed E-state index contributed by atoms with van der Waals surface area (Å²) in [5.74, 6) is 0.758. The highest BCUT2D eigenvalue weighted by Crippen LogP contribution is 2.21. The van der Waals surface area contributed by atoms with Gasteiger partial charge < -0.3 is 19.9 Å². The van der Waals surface area contributed by atoms with Crippen molar-refractivity contribution in [2.24, 2.45) is 0 Å². The molecule has 2 amide bonds. The minimum absolute atomic E-state index is 0.00624. The Morgan fingerprint density at radius 1 is 1.42 bits per heavy atom. The summed E-state index contributed by atoms with van der Waals surface area (Å²) in [4.78, 5) is 16.4. The molecule has 1 atom stereocenters. The highest BCUT2D eigenvalue weighted by molar-refractivity contribution is 6.30. The summed E-state index contributed by atoms with van der Waals surface area (Å²) >= 11 is 5.97. The van der Waals surface area contributed by atoms with Crippen LogP contribution >= 0.6 is 11.6 Å². The Labute approximate surface area is 149 Å². The molecule has 134 valence electrons. The molecule has 1 fully saturated rings. The number of hydrogen-bond acceptors (Lipinski definition) is 3. The van der Waals surface area contributed by atoms with Crippen molar-refractivity contribution in [2.45, 2.75) is 32.8 Å². The van der Waals surface area contributed by atoms with Gasteiger partial charge in [-0.2, -0.15) is 0 Å². The van der Waals surface area contributed by atoms with Crippen molar-refractivity contribution in [1.82, 2.24) is 15.1 Å². The normalized spacial score (nSPS) is 17.3. The molecule has 1 aliphatic rings. The van der Waals surface area contributed by atoms with Crippen LogP contribution in [0.4, 0.5) is 4.79 Å². The van der Waals surface area contributed by atoms with Gasteiger partial charge in [-0.3, -0.25) is 0 Å². The number of ether oxygens (including phenoxy) is 1. The lowest BCUT2D eigenvalue weighted by molar-refractivity contribution is 0.186. The lowest BCUT2D eigenvalue weighted by atomic mass is 10.3. The molecule has 1 saturated heterocycles. The number of hydrogen-bond donors (Lipinski definition) is 1. The van der Waals surface area contributed by atoms with Crippen LogP contribution in [0, 0.1) is 0 Å². The molecule has 1 aromatic rings. The first kappa shape index (κ1) is 18.9. The van der Waals surface area contributed by atoms with E-state index in [0.717, 1.165) is 44.8 Å². The SMILES string of the molecule is CCN(CC)CCCNC(=O)N1CCC(Oc2cccc(Cl)c2)C1. The third-order valence-corrected chi connectivity index (χ3v) is 4.59. The van der Waals surface area contributed by atoms with Crippen molar-refractivity contribution in [3.63, 3.8) is 0 Å². The van der Waals surface area contributed by atoms with E-state index in [2.05, 4.69) is 24.1 Å². The number of amides is 2. The Morgan fingerprint density at radius 3 is 2.92 bits per heavy atom. The molecule has 2 rings (SSSR count). The fraction of sp³-hybridized carbons (Fsp3) is 0.611. The van der Waals surface area contributed by atoms with Crippen LogP contribution in [-0.4, -0.2) is 61.2 Å². The zero-order valence-corrected chi connectivity index (χ0v) is 15.4. The summed E-state index contributed by atoms with van der Waals surface area (Å²) in [6.07, 6.45) is 1.85. The minimum Gasteiger partial charge on any atom is -0.488 e. The van der Waals surface area contributed by atoms with Crippen LogP contribution in [0.15, 0.2) is 24.3 Å². The van der Waals surface area contributed by atoms with E-state index < -0.39 is 0 Å². The maximum atomic E-state index is 12.2. The van der Waals surface area contributed by atoms with Gasteiger partial charge >= 0.3 is 6.03 Å². The molecule has 0 aliphatic carbocycles. The second-order valence-electron chi connectivity index (χ2n) is 6.04. The van der Waals surface area contributed by atoms with Gasteiger partial charge in [0.2, 0.25) is 0 Å². The molecule has 1 aliphatic heterocycles. The van der Waals surface area contributed by atoms with Gasteiger partial charge in [0.15, 0.2) is 0 Å². The van der Waals surface area contributed by atoms with Gasteiger partial charge in [0.1, 0.15) is 11.9 Å². The Kier molecular flexibility index (Phi) is 7.66. The standard InChI is InChI=1S/C18H28ClN3O2/c1-3-21(4-2)11-6-10-20-18(23)22-12-9-17(14-22)24-16-8-5-7-15(19)13-16/h5,7-8,13,17H,3-4,6,9-12,14H2,1-2H3,(H,20,23). The summed E-state index contributed by atoms with van der Waals surface area (Å²) in [5.41, 5.74) is 0. The second kappa shape index (κ2) is 9.74. The second-order valence-corrected chi connectivity index (χ2v) is 6.48. The average molecular weight is 354 g/mol. The van der Waals surface area contributed by atoms with E-state index in [0.29, 0.717) is 18.1 Å². The van der Waals surface area contributed by atoms with E-state index in [1.807, 2.05) is 23.1 Å². The monoisotopic (exact) mass is 353 g/mol. The lowest BCUT2D eigenvalue weighted by Gasteiger charge is -2.20. The van der Waals surface area contributed by atoms with Gasteiger partial charge in [-0.25, -0.2) is 4.79 Å². The average Bonchev–Trinajstić information content (AvgIpc) is 3.03. The van der Waals surface area contributed by atoms with E-state index in [9.17, 15) is 4.79 Å². The van der Waals surface area contributed by atoms with Gasteiger partial charge in [-0.1, -0.05) is 31.5 Å². The van der Waals surface area contributed by atoms with Crippen LogP contribution in [0.25, 0.3) is 0 Å². The number of nitrogens with zero attached hydrogens (tertiary/aromatic N) is 2. The maximum Gasteiger partial charge on any atom is 0.317 e. The minimum atomic E-state index is 0.00624. The zero-order chi connectivity index (χ0) is 17.4. The van der Waals surface area contributed by atoms with E-state index in [1.54, 1.807) is 6.07 Å². The summed E-state index contributed by atoms with van der Waals surface area (Å²) in [7, 11) is 0. The van der Waals surface area contributed by atoms with Gasteiger partial charge in [-0.15, -0.1) is 0 Å². The Hall–Kier alpha value is -1.46. The number of carbonyl (C=O) groups is 1. The van der Waals surface area contributed by atoms with Gasteiger partial charge in [0, 0.05) is 24.5 Å². The largest absolute Gasteiger partial charge is 0.488 e. The predicted octanol–water partition coefficient (Wildman–Crippen LogP) is 3.23. The van der Waals surface area contributed by atoms with Gasteiger partial charge in [0.05, 0.1) is 6.54 Å². The van der Waals surface area contributed by atoms with Crippen molar-refractivity contribution in [2.75, 3.05) is 39.3 Å². The molecule has 0 bridgehead atoms. The Balaban J connectivity index is 1.67. The molecular formula is C18H28ClN3O2. The maximum absolute atomic E-state index is 12.2. The fourth-order valence-corrected chi connectivity index (χ4v) is 3.07. The number of nitrogens with one attached hydrogen (secondary N) is 1. The summed E-state index contributed by atoms with van der Waals surface area (Å²) in [6, 6.07) is 7.39. The lowest BCUT2D eigenvalue weighted by Crippen LogP contribution is -2.40. The number of halogens is 1. The van der Waals surface area contributed by atoms with Crippen LogP contribution in [0.5, 0.6) is 5.75 Å². The summed E-state index contributed by atoms with van der Waals surface area (Å²) in [6.45, 7) is 9.51. The van der Waals surface area contributed by atoms with E-state index in [1.165, 1.54) is 0 Å². The molecule has 5 nitrogen and oxygen atoms in total. The van der Waals surface area contributed by atoms with E-state index in [-0.39, 0.29) is 12.1 Å². The smallest absolute Gasteiger partial charge is 0.317 e. The first-order valence-corrected chi connectivity index (χ1v) is 9.17. The molecule has 1 N–H and O–H groups in total. The van der Waals surface area contributed by atoms with Crippen molar-refractivity contribution in [3.05, 3.63) is 29.3 Å². The summed E-state index contributed by atoms with van der Waals surface area (Å²) in [5, 5.41) is 3.67. The van der Waals surface area contributed by atoms with Crippen LogP contribution in [0.3, 0.4) is 0 Å². The molecule has 0 spiro atoms. The van der Waals surface area contributed by atoms with E-state index >= 15 is 0 Å². The Morgan fingerprint density at radius 2 is 2.21 bits per heavy atom. The Bertz CT molecular complexity index is 523. The molecule has 1 heterocycles. The zero-order valence-electron chi connectivity index (χ0n) is 14.6. The van der Waals surface area contributed by atoms with Crippen LogP contribution in [0.2, 0.25) is 5.02 Å². The molecular weight excluding hydrogens is 326 g/mol. The molecule has 24 heavy (non-hydrogen) atoms. The molecule has 1 aromatic carbocycles. The van der Waals surface area contributed by atoms with Gasteiger partial charge in [0.25, 0.3) is 0 Å². The van der Waals surface area contributed by atoms with Crippen molar-refractivity contribution in [1.29, 1.82) is 0 Å².